The molecule has 2 aromatic rings. The van der Waals surface area contributed by atoms with Crippen molar-refractivity contribution in [1.82, 2.24) is 5.32 Å². The van der Waals surface area contributed by atoms with Crippen LogP contribution < -0.4 is 19.5 Å². The molecule has 0 aliphatic carbocycles. The van der Waals surface area contributed by atoms with Gasteiger partial charge >= 0.3 is 5.97 Å². The minimum atomic E-state index is -0.624. The Labute approximate surface area is 183 Å². The van der Waals surface area contributed by atoms with Crippen molar-refractivity contribution in [3.63, 3.8) is 0 Å². The number of rotatable bonds is 11. The van der Waals surface area contributed by atoms with Crippen LogP contribution in [0.4, 0.5) is 0 Å². The molecule has 1 N–H and O–H groups in total. The fourth-order valence-electron chi connectivity index (χ4n) is 2.96. The molecular formula is C24H29NO6. The van der Waals surface area contributed by atoms with Crippen LogP contribution in [0.5, 0.6) is 17.2 Å². The third kappa shape index (κ3) is 7.70. The predicted octanol–water partition coefficient (Wildman–Crippen LogP) is 3.41. The summed E-state index contributed by atoms with van der Waals surface area (Å²) in [7, 11) is 4.54. The first-order chi connectivity index (χ1) is 15.0. The first-order valence-electron chi connectivity index (χ1n) is 9.95. The van der Waals surface area contributed by atoms with Crippen molar-refractivity contribution in [2.24, 2.45) is 0 Å². The molecule has 0 fully saturated rings. The molecule has 0 unspecified atom stereocenters. The molecule has 7 heteroatoms. The molecule has 2 rings (SSSR count). The van der Waals surface area contributed by atoms with E-state index in [0.29, 0.717) is 22.8 Å². The lowest BCUT2D eigenvalue weighted by molar-refractivity contribution is -0.144. The van der Waals surface area contributed by atoms with E-state index < -0.39 is 5.97 Å². The first-order valence-corrected chi connectivity index (χ1v) is 9.95. The smallest absolute Gasteiger partial charge is 0.331 e. The number of aryl methyl sites for hydroxylation is 1. The molecule has 0 radical (unpaired) electrons. The Kier molecular flexibility index (Phi) is 9.42. The lowest BCUT2D eigenvalue weighted by Crippen LogP contribution is -2.36. The monoisotopic (exact) mass is 427 g/mol. The number of methoxy groups -OCH3 is 3. The molecule has 0 aliphatic rings. The molecule has 2 aromatic carbocycles. The van der Waals surface area contributed by atoms with Gasteiger partial charge in [-0.15, -0.1) is 0 Å². The number of hydrogen-bond donors (Lipinski definition) is 1. The summed E-state index contributed by atoms with van der Waals surface area (Å²) >= 11 is 0. The van der Waals surface area contributed by atoms with Gasteiger partial charge in [-0.2, -0.15) is 0 Å². The summed E-state index contributed by atoms with van der Waals surface area (Å²) in [4.78, 5) is 24.0. The fraction of sp³-hybridized carbons (Fsp3) is 0.333. The van der Waals surface area contributed by atoms with E-state index in [1.54, 1.807) is 18.2 Å². The summed E-state index contributed by atoms with van der Waals surface area (Å²) in [6.45, 7) is 1.58. The van der Waals surface area contributed by atoms with Crippen molar-refractivity contribution in [2.45, 2.75) is 25.8 Å². The van der Waals surface area contributed by atoms with Crippen molar-refractivity contribution < 1.29 is 28.5 Å². The number of esters is 1. The number of ether oxygens (including phenoxy) is 4. The maximum Gasteiger partial charge on any atom is 0.331 e. The molecule has 7 nitrogen and oxygen atoms in total. The Balaban J connectivity index is 1.81. The van der Waals surface area contributed by atoms with Crippen LogP contribution in [0, 0.1) is 0 Å². The maximum atomic E-state index is 12.0. The van der Waals surface area contributed by atoms with Gasteiger partial charge in [0.2, 0.25) is 5.75 Å². The number of nitrogens with one attached hydrogen (secondary N) is 1. The molecule has 0 saturated heterocycles. The van der Waals surface area contributed by atoms with Gasteiger partial charge in [-0.3, -0.25) is 4.79 Å². The van der Waals surface area contributed by atoms with Gasteiger partial charge in [0.15, 0.2) is 18.1 Å². The summed E-state index contributed by atoms with van der Waals surface area (Å²) in [6, 6.07) is 13.4. The summed E-state index contributed by atoms with van der Waals surface area (Å²) in [5, 5.41) is 2.83. The van der Waals surface area contributed by atoms with E-state index >= 15 is 0 Å². The molecular weight excluding hydrogens is 398 g/mol. The summed E-state index contributed by atoms with van der Waals surface area (Å²) in [6.07, 6.45) is 4.45. The number of benzene rings is 2. The van der Waals surface area contributed by atoms with Crippen molar-refractivity contribution in [2.75, 3.05) is 27.9 Å². The third-order valence-electron chi connectivity index (χ3n) is 4.56. The van der Waals surface area contributed by atoms with E-state index in [4.69, 9.17) is 18.9 Å². The van der Waals surface area contributed by atoms with Crippen LogP contribution in [-0.4, -0.2) is 45.9 Å². The first kappa shape index (κ1) is 23.8. The van der Waals surface area contributed by atoms with Crippen LogP contribution in [0.25, 0.3) is 6.08 Å². The van der Waals surface area contributed by atoms with E-state index in [9.17, 15) is 9.59 Å². The standard InChI is InChI=1S/C24H29NO6/c1-17(10-11-18-8-6-5-7-9-18)25-22(26)16-31-23(27)13-12-19-14-20(28-2)24(30-4)21(15-19)29-3/h5-9,12-15,17H,10-11,16H2,1-4H3,(H,25,26)/b13-12+/t17-/m0/s1. The molecule has 0 saturated carbocycles. The van der Waals surface area contributed by atoms with Crippen molar-refractivity contribution in [3.05, 3.63) is 59.7 Å². The second kappa shape index (κ2) is 12.3. The quantitative estimate of drug-likeness (QED) is 0.437. The molecule has 0 bridgehead atoms. The number of carbonyl (C=O) groups is 2. The van der Waals surface area contributed by atoms with Crippen molar-refractivity contribution >= 4 is 18.0 Å². The average molecular weight is 427 g/mol. The summed E-state index contributed by atoms with van der Waals surface area (Å²) < 4.78 is 20.9. The van der Waals surface area contributed by atoms with Gasteiger partial charge in [-0.05, 0) is 49.1 Å². The highest BCUT2D eigenvalue weighted by atomic mass is 16.5. The minimum Gasteiger partial charge on any atom is -0.493 e. The van der Waals surface area contributed by atoms with Gasteiger partial charge in [0, 0.05) is 12.1 Å². The highest BCUT2D eigenvalue weighted by molar-refractivity contribution is 5.89. The molecule has 0 spiro atoms. The van der Waals surface area contributed by atoms with Gasteiger partial charge in [-0.25, -0.2) is 4.79 Å². The molecule has 0 heterocycles. The lowest BCUT2D eigenvalue weighted by atomic mass is 10.1. The number of carbonyl (C=O) groups excluding carboxylic acids is 2. The van der Waals surface area contributed by atoms with E-state index in [1.165, 1.54) is 33.0 Å². The molecule has 166 valence electrons. The Morgan fingerprint density at radius 1 is 1.00 bits per heavy atom. The van der Waals surface area contributed by atoms with E-state index in [2.05, 4.69) is 17.4 Å². The fourth-order valence-corrected chi connectivity index (χ4v) is 2.96. The van der Waals surface area contributed by atoms with Crippen LogP contribution in [-0.2, 0) is 20.7 Å². The average Bonchev–Trinajstić information content (AvgIpc) is 2.79. The largest absolute Gasteiger partial charge is 0.493 e. The van der Waals surface area contributed by atoms with E-state index in [-0.39, 0.29) is 18.6 Å². The van der Waals surface area contributed by atoms with Gasteiger partial charge < -0.3 is 24.3 Å². The number of amides is 1. The minimum absolute atomic E-state index is 0.0267. The topological polar surface area (TPSA) is 83.1 Å². The van der Waals surface area contributed by atoms with Crippen LogP contribution in [0.2, 0.25) is 0 Å². The number of hydrogen-bond acceptors (Lipinski definition) is 6. The Hall–Kier alpha value is -3.48. The molecule has 1 amide bonds. The normalized spacial score (nSPS) is 11.6. The predicted molar refractivity (Wildman–Crippen MR) is 118 cm³/mol. The van der Waals surface area contributed by atoms with E-state index in [1.807, 2.05) is 25.1 Å². The zero-order valence-electron chi connectivity index (χ0n) is 18.3. The van der Waals surface area contributed by atoms with Crippen molar-refractivity contribution in [3.8, 4) is 17.2 Å². The van der Waals surface area contributed by atoms with Gasteiger partial charge in [0.1, 0.15) is 0 Å². The molecule has 0 aliphatic heterocycles. The Morgan fingerprint density at radius 2 is 1.65 bits per heavy atom. The summed E-state index contributed by atoms with van der Waals surface area (Å²) in [5.41, 5.74) is 1.87. The zero-order chi connectivity index (χ0) is 22.6. The second-order valence-corrected chi connectivity index (χ2v) is 6.89. The molecule has 0 aromatic heterocycles. The van der Waals surface area contributed by atoms with Gasteiger partial charge in [0.05, 0.1) is 21.3 Å². The highest BCUT2D eigenvalue weighted by Gasteiger charge is 2.13. The third-order valence-corrected chi connectivity index (χ3v) is 4.56. The maximum absolute atomic E-state index is 12.0. The Morgan fingerprint density at radius 3 is 2.23 bits per heavy atom. The van der Waals surface area contributed by atoms with Gasteiger partial charge in [0.25, 0.3) is 5.91 Å². The van der Waals surface area contributed by atoms with Crippen LogP contribution in [0.1, 0.15) is 24.5 Å². The Bertz CT molecular complexity index is 869. The van der Waals surface area contributed by atoms with Crippen molar-refractivity contribution in [1.29, 1.82) is 0 Å². The summed E-state index contributed by atoms with van der Waals surface area (Å²) in [5.74, 6) is 0.441. The van der Waals surface area contributed by atoms with E-state index in [0.717, 1.165) is 12.8 Å². The zero-order valence-corrected chi connectivity index (χ0v) is 18.3. The second-order valence-electron chi connectivity index (χ2n) is 6.89. The highest BCUT2D eigenvalue weighted by Crippen LogP contribution is 2.38. The van der Waals surface area contributed by atoms with Crippen LogP contribution in [0.15, 0.2) is 48.5 Å². The SMILES string of the molecule is COc1cc(/C=C/C(=O)OCC(=O)N[C@@H](C)CCc2ccccc2)cc(OC)c1OC. The molecule has 1 atom stereocenters. The van der Waals surface area contributed by atoms with Crippen LogP contribution in [0.3, 0.4) is 0 Å². The molecule has 31 heavy (non-hydrogen) atoms. The lowest BCUT2D eigenvalue weighted by Gasteiger charge is -2.14. The van der Waals surface area contributed by atoms with Crippen LogP contribution >= 0.6 is 0 Å². The van der Waals surface area contributed by atoms with Gasteiger partial charge in [-0.1, -0.05) is 30.3 Å².